The van der Waals surface area contributed by atoms with Crippen LogP contribution in [-0.4, -0.2) is 27.3 Å². The highest BCUT2D eigenvalue weighted by atomic mass is 15.2. The van der Waals surface area contributed by atoms with E-state index in [0.29, 0.717) is 12.1 Å². The van der Waals surface area contributed by atoms with Gasteiger partial charge in [-0.25, -0.2) is 0 Å². The topological polar surface area (TPSA) is 76.7 Å². The summed E-state index contributed by atoms with van der Waals surface area (Å²) >= 11 is 0. The van der Waals surface area contributed by atoms with Crippen molar-refractivity contribution in [3.05, 3.63) is 36.5 Å². The van der Waals surface area contributed by atoms with Gasteiger partial charge in [-0.05, 0) is 49.9 Å². The van der Waals surface area contributed by atoms with E-state index in [-0.39, 0.29) is 0 Å². The molecule has 1 aliphatic rings. The van der Waals surface area contributed by atoms with Crippen molar-refractivity contribution in [3.63, 3.8) is 0 Å². The molecule has 1 fully saturated rings. The molecule has 5 nitrogen and oxygen atoms in total. The normalized spacial score (nSPS) is 22.4. The van der Waals surface area contributed by atoms with E-state index in [2.05, 4.69) is 20.5 Å². The second kappa shape index (κ2) is 5.96. The molecule has 0 saturated heterocycles. The van der Waals surface area contributed by atoms with Crippen molar-refractivity contribution in [2.45, 2.75) is 37.8 Å². The average molecular weight is 269 g/mol. The van der Waals surface area contributed by atoms with Gasteiger partial charge in [0, 0.05) is 18.3 Å². The molecule has 2 aromatic heterocycles. The molecule has 0 amide bonds. The van der Waals surface area contributed by atoms with Gasteiger partial charge in [0.05, 0.1) is 5.69 Å². The first-order valence-corrected chi connectivity index (χ1v) is 7.08. The lowest BCUT2D eigenvalue weighted by atomic mass is 9.92. The zero-order valence-corrected chi connectivity index (χ0v) is 11.4. The Kier molecular flexibility index (Phi) is 3.87. The zero-order chi connectivity index (χ0) is 13.8. The Hall–Kier alpha value is -2.01. The molecule has 2 heterocycles. The van der Waals surface area contributed by atoms with Gasteiger partial charge in [0.1, 0.15) is 11.5 Å². The first-order chi connectivity index (χ1) is 9.81. The maximum Gasteiger partial charge on any atom is 0.148 e. The standard InChI is InChI=1S/C15H19N5/c16-11-4-6-12(7-5-11)18-15-9-8-14(19-20-15)13-3-1-2-10-17-13/h1-3,8-12H,4-7,16H2,(H,18,20). The minimum absolute atomic E-state index is 0.366. The van der Waals surface area contributed by atoms with Gasteiger partial charge in [-0.1, -0.05) is 6.07 Å². The van der Waals surface area contributed by atoms with Crippen molar-refractivity contribution < 1.29 is 0 Å². The van der Waals surface area contributed by atoms with Crippen LogP contribution in [-0.2, 0) is 0 Å². The molecule has 3 rings (SSSR count). The molecule has 0 unspecified atom stereocenters. The van der Waals surface area contributed by atoms with Crippen LogP contribution in [0.15, 0.2) is 36.5 Å². The molecule has 0 radical (unpaired) electrons. The smallest absolute Gasteiger partial charge is 0.148 e. The van der Waals surface area contributed by atoms with Gasteiger partial charge in [-0.2, -0.15) is 0 Å². The fourth-order valence-corrected chi connectivity index (χ4v) is 2.53. The predicted molar refractivity (Wildman–Crippen MR) is 79.1 cm³/mol. The highest BCUT2D eigenvalue weighted by Crippen LogP contribution is 2.21. The number of nitrogens with zero attached hydrogens (tertiary/aromatic N) is 3. The Morgan fingerprint density at radius 2 is 1.80 bits per heavy atom. The van der Waals surface area contributed by atoms with Crippen LogP contribution >= 0.6 is 0 Å². The molecule has 104 valence electrons. The summed E-state index contributed by atoms with van der Waals surface area (Å²) in [6.45, 7) is 0. The molecule has 0 atom stereocenters. The third kappa shape index (κ3) is 3.11. The van der Waals surface area contributed by atoms with Gasteiger partial charge in [0.15, 0.2) is 0 Å². The van der Waals surface area contributed by atoms with E-state index < -0.39 is 0 Å². The maximum absolute atomic E-state index is 5.91. The Bertz CT molecular complexity index is 532. The van der Waals surface area contributed by atoms with Crippen molar-refractivity contribution in [2.75, 3.05) is 5.32 Å². The molecule has 0 aliphatic heterocycles. The quantitative estimate of drug-likeness (QED) is 0.893. The molecule has 1 aliphatic carbocycles. The molecule has 1 saturated carbocycles. The number of anilines is 1. The van der Waals surface area contributed by atoms with Crippen molar-refractivity contribution in [2.24, 2.45) is 5.73 Å². The van der Waals surface area contributed by atoms with E-state index in [9.17, 15) is 0 Å². The second-order valence-corrected chi connectivity index (χ2v) is 5.27. The predicted octanol–water partition coefficient (Wildman–Crippen LogP) is 2.22. The van der Waals surface area contributed by atoms with Crippen molar-refractivity contribution in [3.8, 4) is 11.4 Å². The molecule has 0 aromatic carbocycles. The number of hydrogen-bond acceptors (Lipinski definition) is 5. The lowest BCUT2D eigenvalue weighted by molar-refractivity contribution is 0.410. The zero-order valence-electron chi connectivity index (χ0n) is 11.4. The highest BCUT2D eigenvalue weighted by Gasteiger charge is 2.18. The van der Waals surface area contributed by atoms with Crippen LogP contribution in [0, 0.1) is 0 Å². The summed E-state index contributed by atoms with van der Waals surface area (Å²) in [6, 6.07) is 10.5. The third-order valence-corrected chi connectivity index (χ3v) is 3.72. The van der Waals surface area contributed by atoms with Crippen LogP contribution in [0.5, 0.6) is 0 Å². The summed E-state index contributed by atoms with van der Waals surface area (Å²) in [5.74, 6) is 0.824. The van der Waals surface area contributed by atoms with Crippen LogP contribution in [0.2, 0.25) is 0 Å². The van der Waals surface area contributed by atoms with E-state index in [1.165, 1.54) is 0 Å². The van der Waals surface area contributed by atoms with E-state index in [4.69, 9.17) is 5.73 Å². The Morgan fingerprint density at radius 3 is 2.45 bits per heavy atom. The number of nitrogens with one attached hydrogen (secondary N) is 1. The van der Waals surface area contributed by atoms with Gasteiger partial charge in [0.25, 0.3) is 0 Å². The summed E-state index contributed by atoms with van der Waals surface area (Å²) in [6.07, 6.45) is 6.12. The monoisotopic (exact) mass is 269 g/mol. The van der Waals surface area contributed by atoms with Crippen molar-refractivity contribution in [1.29, 1.82) is 0 Å². The average Bonchev–Trinajstić information content (AvgIpc) is 2.51. The number of nitrogens with two attached hydrogens (primary N) is 1. The van der Waals surface area contributed by atoms with Gasteiger partial charge in [-0.3, -0.25) is 4.98 Å². The fourth-order valence-electron chi connectivity index (χ4n) is 2.53. The largest absolute Gasteiger partial charge is 0.366 e. The highest BCUT2D eigenvalue weighted by molar-refractivity contribution is 5.54. The molecule has 3 N–H and O–H groups in total. The number of hydrogen-bond donors (Lipinski definition) is 2. The fraction of sp³-hybridized carbons (Fsp3) is 0.400. The van der Waals surface area contributed by atoms with Crippen LogP contribution in [0.25, 0.3) is 11.4 Å². The lowest BCUT2D eigenvalue weighted by Gasteiger charge is -2.26. The van der Waals surface area contributed by atoms with Gasteiger partial charge < -0.3 is 11.1 Å². The van der Waals surface area contributed by atoms with E-state index in [0.717, 1.165) is 42.9 Å². The van der Waals surface area contributed by atoms with Gasteiger partial charge in [-0.15, -0.1) is 10.2 Å². The summed E-state index contributed by atoms with van der Waals surface area (Å²) in [7, 11) is 0. The van der Waals surface area contributed by atoms with Gasteiger partial charge in [0.2, 0.25) is 0 Å². The van der Waals surface area contributed by atoms with Crippen molar-refractivity contribution in [1.82, 2.24) is 15.2 Å². The first kappa shape index (κ1) is 13.0. The van der Waals surface area contributed by atoms with Crippen LogP contribution in [0.1, 0.15) is 25.7 Å². The minimum atomic E-state index is 0.366. The number of pyridine rings is 1. The SMILES string of the molecule is NC1CCC(Nc2ccc(-c3ccccn3)nn2)CC1. The maximum atomic E-state index is 5.91. The van der Waals surface area contributed by atoms with Gasteiger partial charge >= 0.3 is 0 Å². The molecule has 0 bridgehead atoms. The Morgan fingerprint density at radius 1 is 0.950 bits per heavy atom. The third-order valence-electron chi connectivity index (χ3n) is 3.72. The summed E-state index contributed by atoms with van der Waals surface area (Å²) in [4.78, 5) is 4.27. The van der Waals surface area contributed by atoms with Crippen LogP contribution in [0.4, 0.5) is 5.82 Å². The van der Waals surface area contributed by atoms with E-state index >= 15 is 0 Å². The second-order valence-electron chi connectivity index (χ2n) is 5.27. The summed E-state index contributed by atoms with van der Waals surface area (Å²) in [5, 5.41) is 11.9. The Balaban J connectivity index is 1.65. The number of aromatic nitrogens is 3. The van der Waals surface area contributed by atoms with Crippen LogP contribution in [0.3, 0.4) is 0 Å². The van der Waals surface area contributed by atoms with Crippen LogP contribution < -0.4 is 11.1 Å². The first-order valence-electron chi connectivity index (χ1n) is 7.08. The molecular formula is C15H19N5. The molecular weight excluding hydrogens is 250 g/mol. The van der Waals surface area contributed by atoms with E-state index in [1.807, 2.05) is 30.3 Å². The summed E-state index contributed by atoms with van der Waals surface area (Å²) in [5.41, 5.74) is 7.55. The summed E-state index contributed by atoms with van der Waals surface area (Å²) < 4.78 is 0. The lowest BCUT2D eigenvalue weighted by Crippen LogP contribution is -2.33. The minimum Gasteiger partial charge on any atom is -0.366 e. The van der Waals surface area contributed by atoms with E-state index in [1.54, 1.807) is 6.20 Å². The Labute approximate surface area is 118 Å². The molecule has 0 spiro atoms. The number of rotatable bonds is 3. The van der Waals surface area contributed by atoms with Crippen molar-refractivity contribution >= 4 is 5.82 Å². The molecule has 5 heteroatoms. The molecule has 20 heavy (non-hydrogen) atoms. The molecule has 2 aromatic rings.